The molecule has 1 aromatic heterocycles. The molecular weight excluding hydrogens is 779 g/mol. The monoisotopic (exact) mass is 856 g/mol. The minimum atomic E-state index is -1.38. The quantitative estimate of drug-likeness (QED) is 0.0343. The molecule has 1 saturated heterocycles. The fourth-order valence-electron chi connectivity index (χ4n) is 6.85. The maximum Gasteiger partial charge on any atom is 0.306 e. The predicted molar refractivity (Wildman–Crippen MR) is 230 cm³/mol. The summed E-state index contributed by atoms with van der Waals surface area (Å²) in [6.45, 7) is 5.92. The van der Waals surface area contributed by atoms with Crippen molar-refractivity contribution in [2.45, 2.75) is 212 Å². The van der Waals surface area contributed by atoms with Crippen molar-refractivity contribution in [1.29, 1.82) is 0 Å². The summed E-state index contributed by atoms with van der Waals surface area (Å²) in [4.78, 5) is 52.3. The molecule has 16 heteroatoms. The van der Waals surface area contributed by atoms with Crippen LogP contribution in [0.5, 0.6) is 0 Å². The Labute approximate surface area is 357 Å². The van der Waals surface area contributed by atoms with Gasteiger partial charge < -0.3 is 40.2 Å². The zero-order valence-electron chi connectivity index (χ0n) is 36.3. The minimum Gasteiger partial charge on any atom is -0.462 e. The summed E-state index contributed by atoms with van der Waals surface area (Å²) in [6.07, 6.45) is 18.9. The van der Waals surface area contributed by atoms with Gasteiger partial charge in [-0.1, -0.05) is 142 Å². The van der Waals surface area contributed by atoms with Crippen molar-refractivity contribution in [2.24, 2.45) is 0 Å². The molecule has 3 unspecified atom stereocenters. The standard InChI is InChI=1S/C43H77N5O10S/c1-4-7-10-13-16-19-22-25-37(50)44-34(42(55)45-36-28-48(47-46-36)43-41(54)40(53)35(29-49)58-43)32-59-31-33(57-39(52)27-24-21-18-15-12-9-6-3)30-56-38(51)26-23-20-17-14-11-8-5-2/h28,33-35,40-41,43,49,53-54H,4-27,29-32H2,1-3H3,(H,44,50)(H,45,55)/t33?,34?,35?,40-,41+,43+/m1/s1. The van der Waals surface area contributed by atoms with Gasteiger partial charge in [0.15, 0.2) is 12.0 Å². The number of unbranched alkanes of at least 4 members (excludes halogenated alkanes) is 18. The lowest BCUT2D eigenvalue weighted by Gasteiger charge is -2.21. The number of aliphatic hydroxyl groups is 3. The molecule has 0 aromatic carbocycles. The molecule has 1 fully saturated rings. The Hall–Kier alpha value is -2.79. The van der Waals surface area contributed by atoms with E-state index in [1.54, 1.807) is 0 Å². The zero-order chi connectivity index (χ0) is 43.1. The number of anilines is 1. The summed E-state index contributed by atoms with van der Waals surface area (Å²) < 4.78 is 18.0. The van der Waals surface area contributed by atoms with Gasteiger partial charge in [-0.15, -0.1) is 5.10 Å². The fraction of sp³-hybridized carbons (Fsp3) is 0.860. The second kappa shape index (κ2) is 32.9. The summed E-state index contributed by atoms with van der Waals surface area (Å²) in [7, 11) is 0. The van der Waals surface area contributed by atoms with Crippen LogP contribution in [0, 0.1) is 0 Å². The molecule has 1 aliphatic rings. The topological polar surface area (TPSA) is 211 Å². The second-order valence-corrected chi connectivity index (χ2v) is 16.9. The van der Waals surface area contributed by atoms with Gasteiger partial charge in [0.2, 0.25) is 11.8 Å². The van der Waals surface area contributed by atoms with Gasteiger partial charge in [-0.3, -0.25) is 19.2 Å². The number of aromatic nitrogens is 3. The molecule has 340 valence electrons. The zero-order valence-corrected chi connectivity index (χ0v) is 37.1. The lowest BCUT2D eigenvalue weighted by molar-refractivity contribution is -0.157. The van der Waals surface area contributed by atoms with Crippen LogP contribution in [0.25, 0.3) is 0 Å². The number of thioether (sulfide) groups is 1. The number of amides is 2. The van der Waals surface area contributed by atoms with Crippen LogP contribution in [0.4, 0.5) is 5.82 Å². The largest absolute Gasteiger partial charge is 0.462 e. The van der Waals surface area contributed by atoms with Crippen molar-refractivity contribution in [1.82, 2.24) is 20.3 Å². The SMILES string of the molecule is CCCCCCCCCC(=O)NC(CSCC(COC(=O)CCCCCCCCC)OC(=O)CCCCCCCCC)C(=O)Nc1cn([C@H]2OC(CO)[C@@H](O)[C@@H]2O)nn1. The highest BCUT2D eigenvalue weighted by molar-refractivity contribution is 7.99. The van der Waals surface area contributed by atoms with Gasteiger partial charge in [-0.05, 0) is 19.3 Å². The third-order valence-corrected chi connectivity index (χ3v) is 11.7. The molecule has 0 aliphatic carbocycles. The van der Waals surface area contributed by atoms with Crippen molar-refractivity contribution in [3.05, 3.63) is 6.20 Å². The van der Waals surface area contributed by atoms with Crippen molar-refractivity contribution >= 4 is 41.3 Å². The number of rotatable bonds is 36. The minimum absolute atomic E-state index is 0.0223. The molecule has 5 N–H and O–H groups in total. The Morgan fingerprint density at radius 1 is 0.746 bits per heavy atom. The first-order valence-corrected chi connectivity index (χ1v) is 23.9. The highest BCUT2D eigenvalue weighted by Gasteiger charge is 2.44. The molecule has 59 heavy (non-hydrogen) atoms. The summed E-state index contributed by atoms with van der Waals surface area (Å²) in [6, 6.07) is -1.000. The molecule has 0 spiro atoms. The van der Waals surface area contributed by atoms with E-state index in [1.165, 1.54) is 69.3 Å². The van der Waals surface area contributed by atoms with Crippen LogP contribution < -0.4 is 10.6 Å². The molecule has 0 saturated carbocycles. The number of ether oxygens (including phenoxy) is 3. The number of carbonyl (C=O) groups excluding carboxylic acids is 4. The lowest BCUT2D eigenvalue weighted by Crippen LogP contribution is -2.45. The summed E-state index contributed by atoms with van der Waals surface area (Å²) in [5, 5.41) is 43.4. The highest BCUT2D eigenvalue weighted by Crippen LogP contribution is 2.29. The van der Waals surface area contributed by atoms with Crippen LogP contribution in [0.1, 0.15) is 181 Å². The van der Waals surface area contributed by atoms with E-state index in [9.17, 15) is 34.5 Å². The predicted octanol–water partition coefficient (Wildman–Crippen LogP) is 6.92. The Balaban J connectivity index is 2.04. The molecular formula is C43H77N5O10S. The van der Waals surface area contributed by atoms with Crippen LogP contribution >= 0.6 is 11.8 Å². The van der Waals surface area contributed by atoms with Crippen molar-refractivity contribution in [3.63, 3.8) is 0 Å². The van der Waals surface area contributed by atoms with Gasteiger partial charge in [0, 0.05) is 30.8 Å². The van der Waals surface area contributed by atoms with Gasteiger partial charge in [-0.25, -0.2) is 4.68 Å². The van der Waals surface area contributed by atoms with Crippen LogP contribution in [0.3, 0.4) is 0 Å². The fourth-order valence-corrected chi connectivity index (χ4v) is 7.89. The molecule has 0 bridgehead atoms. The number of hydrogen-bond donors (Lipinski definition) is 5. The van der Waals surface area contributed by atoms with Crippen molar-refractivity contribution in [2.75, 3.05) is 30.0 Å². The van der Waals surface area contributed by atoms with E-state index in [4.69, 9.17) is 14.2 Å². The summed E-state index contributed by atoms with van der Waals surface area (Å²) in [5.74, 6) is -1.16. The first-order chi connectivity index (χ1) is 28.6. The van der Waals surface area contributed by atoms with Crippen molar-refractivity contribution in [3.8, 4) is 0 Å². The van der Waals surface area contributed by atoms with E-state index >= 15 is 0 Å². The van der Waals surface area contributed by atoms with Crippen LogP contribution in [0.15, 0.2) is 6.20 Å². The molecule has 2 heterocycles. The smallest absolute Gasteiger partial charge is 0.306 e. The number of nitrogens with zero attached hydrogens (tertiary/aromatic N) is 3. The number of hydrogen-bond acceptors (Lipinski definition) is 13. The van der Waals surface area contributed by atoms with E-state index in [1.807, 2.05) is 0 Å². The highest BCUT2D eigenvalue weighted by atomic mass is 32.2. The van der Waals surface area contributed by atoms with E-state index in [2.05, 4.69) is 41.7 Å². The third-order valence-electron chi connectivity index (χ3n) is 10.5. The Morgan fingerprint density at radius 2 is 1.27 bits per heavy atom. The van der Waals surface area contributed by atoms with E-state index in [0.717, 1.165) is 81.7 Å². The van der Waals surface area contributed by atoms with E-state index < -0.39 is 49.2 Å². The average Bonchev–Trinajstić information content (AvgIpc) is 3.80. The third kappa shape index (κ3) is 23.1. The molecule has 6 atom stereocenters. The lowest BCUT2D eigenvalue weighted by atomic mass is 10.1. The maximum absolute atomic E-state index is 13.6. The molecule has 0 radical (unpaired) electrons. The molecule has 15 nitrogen and oxygen atoms in total. The van der Waals surface area contributed by atoms with E-state index in [0.29, 0.717) is 12.8 Å². The number of carbonyl (C=O) groups is 4. The van der Waals surface area contributed by atoms with Crippen molar-refractivity contribution < 1.29 is 48.7 Å². The van der Waals surface area contributed by atoms with Gasteiger partial charge >= 0.3 is 11.9 Å². The molecule has 1 aromatic rings. The van der Waals surface area contributed by atoms with Gasteiger partial charge in [-0.2, -0.15) is 11.8 Å². The maximum atomic E-state index is 13.6. The first kappa shape index (κ1) is 52.3. The van der Waals surface area contributed by atoms with Gasteiger partial charge in [0.05, 0.1) is 12.8 Å². The Bertz CT molecular complexity index is 1290. The molecule has 2 rings (SSSR count). The van der Waals surface area contributed by atoms with Crippen LogP contribution in [-0.4, -0.2) is 109 Å². The summed E-state index contributed by atoms with van der Waals surface area (Å²) in [5.41, 5.74) is 0. The molecule has 1 aliphatic heterocycles. The van der Waals surface area contributed by atoms with Crippen LogP contribution in [-0.2, 0) is 33.4 Å². The van der Waals surface area contributed by atoms with E-state index in [-0.39, 0.29) is 54.6 Å². The number of aliphatic hydroxyl groups excluding tert-OH is 3. The normalized spacial score (nSPS) is 18.7. The second-order valence-electron chi connectivity index (χ2n) is 15.9. The van der Waals surface area contributed by atoms with Crippen LogP contribution in [0.2, 0.25) is 0 Å². The molecule has 2 amide bonds. The Kier molecular flexibility index (Phi) is 29.2. The number of esters is 2. The van der Waals surface area contributed by atoms with Gasteiger partial charge in [0.25, 0.3) is 0 Å². The summed E-state index contributed by atoms with van der Waals surface area (Å²) >= 11 is 1.29. The first-order valence-electron chi connectivity index (χ1n) is 22.7. The van der Waals surface area contributed by atoms with Gasteiger partial charge in [0.1, 0.15) is 37.1 Å². The number of nitrogens with one attached hydrogen (secondary N) is 2. The Morgan fingerprint density at radius 3 is 1.81 bits per heavy atom. The average molecular weight is 856 g/mol.